The number of hydrogen-bond acceptors (Lipinski definition) is 11. The molecule has 1 aliphatic rings. The molecule has 0 saturated carbocycles. The average Bonchev–Trinajstić information content (AvgIpc) is 3.81. The lowest BCUT2D eigenvalue weighted by Crippen LogP contribution is -2.45. The van der Waals surface area contributed by atoms with E-state index in [2.05, 4.69) is 31.2 Å². The number of aromatic nitrogens is 2. The summed E-state index contributed by atoms with van der Waals surface area (Å²) in [6, 6.07) is 11.6. The van der Waals surface area contributed by atoms with Crippen molar-refractivity contribution in [3.63, 3.8) is 0 Å². The van der Waals surface area contributed by atoms with E-state index in [0.717, 1.165) is 15.9 Å². The van der Waals surface area contributed by atoms with Crippen LogP contribution in [0.3, 0.4) is 0 Å². The van der Waals surface area contributed by atoms with E-state index in [0.29, 0.717) is 11.4 Å². The SMILES string of the molecule is CNC(=O)c1cc(S(=O)(=O)N2CCNC(=O)c3csc(n3)[C@H](CC(C)C)NC(=O)c3coc(n3)[C@H](Cc3ccccc3)NC(=O)C2)ccc1OC. The van der Waals surface area contributed by atoms with Gasteiger partial charge in [0, 0.05) is 31.9 Å². The summed E-state index contributed by atoms with van der Waals surface area (Å²) in [7, 11) is -1.69. The molecule has 0 saturated heterocycles. The van der Waals surface area contributed by atoms with Crippen molar-refractivity contribution >= 4 is 45.0 Å². The number of benzene rings is 2. The van der Waals surface area contributed by atoms with E-state index in [9.17, 15) is 27.6 Å². The molecule has 4 amide bonds. The predicted molar refractivity (Wildman–Crippen MR) is 187 cm³/mol. The topological polar surface area (TPSA) is 202 Å². The van der Waals surface area contributed by atoms with Crippen molar-refractivity contribution in [3.8, 4) is 5.75 Å². The van der Waals surface area contributed by atoms with E-state index in [1.165, 1.54) is 43.9 Å². The Morgan fingerprint density at radius 2 is 1.82 bits per heavy atom. The van der Waals surface area contributed by atoms with Crippen molar-refractivity contribution in [2.75, 3.05) is 33.8 Å². The minimum absolute atomic E-state index is 0.0259. The Kier molecular flexibility index (Phi) is 11.8. The van der Waals surface area contributed by atoms with Crippen LogP contribution in [0.25, 0.3) is 0 Å². The molecule has 2 aromatic carbocycles. The molecule has 3 heterocycles. The van der Waals surface area contributed by atoms with Crippen molar-refractivity contribution in [2.45, 2.75) is 43.7 Å². The standard InChI is InChI=1S/C34H39N7O8S2/c1-20(2)14-25-34-40-27(19-50-34)31(44)36-12-13-41(51(46,47)22-10-11-28(48-4)23(16-22)30(43)35-3)17-29(42)37-24(15-21-8-6-5-7-9-21)33-39-26(18-49-33)32(45)38-25/h5-11,16,18-20,24-25H,12-15,17H2,1-4H3,(H,35,43)(H,36,44)(H,37,42)(H,38,45)/t24-,25-/m0/s1. The summed E-state index contributed by atoms with van der Waals surface area (Å²) >= 11 is 1.21. The molecule has 51 heavy (non-hydrogen) atoms. The van der Waals surface area contributed by atoms with Crippen LogP contribution < -0.4 is 26.0 Å². The van der Waals surface area contributed by atoms with Crippen LogP contribution in [0.1, 0.15) is 80.1 Å². The Hall–Kier alpha value is -5.13. The van der Waals surface area contributed by atoms with Crippen molar-refractivity contribution < 1.29 is 36.7 Å². The molecule has 4 bridgehead atoms. The number of hydrogen-bond donors (Lipinski definition) is 4. The van der Waals surface area contributed by atoms with Gasteiger partial charge >= 0.3 is 0 Å². The number of rotatable bonds is 8. The fourth-order valence-corrected chi connectivity index (χ4v) is 7.74. The maximum absolute atomic E-state index is 14.1. The quantitative estimate of drug-likeness (QED) is 0.208. The largest absolute Gasteiger partial charge is 0.496 e. The van der Waals surface area contributed by atoms with Crippen LogP contribution in [0.2, 0.25) is 0 Å². The molecule has 0 unspecified atom stereocenters. The normalized spacial score (nSPS) is 17.9. The molecule has 0 aliphatic carbocycles. The Morgan fingerprint density at radius 1 is 1.06 bits per heavy atom. The van der Waals surface area contributed by atoms with E-state index in [1.54, 1.807) is 5.38 Å². The van der Waals surface area contributed by atoms with Crippen molar-refractivity contribution in [1.29, 1.82) is 0 Å². The number of ether oxygens (including phenoxy) is 1. The summed E-state index contributed by atoms with van der Waals surface area (Å²) in [5.41, 5.74) is 0.848. The lowest BCUT2D eigenvalue weighted by atomic mass is 10.0. The van der Waals surface area contributed by atoms with Gasteiger partial charge in [0.1, 0.15) is 28.8 Å². The van der Waals surface area contributed by atoms with Gasteiger partial charge in [-0.1, -0.05) is 44.2 Å². The van der Waals surface area contributed by atoms with Gasteiger partial charge in [0.2, 0.25) is 21.8 Å². The Balaban J connectivity index is 1.54. The number of amides is 4. The lowest BCUT2D eigenvalue weighted by Gasteiger charge is -2.24. The molecule has 0 radical (unpaired) electrons. The highest BCUT2D eigenvalue weighted by atomic mass is 32.2. The van der Waals surface area contributed by atoms with Gasteiger partial charge in [0.05, 0.1) is 30.2 Å². The van der Waals surface area contributed by atoms with Gasteiger partial charge in [-0.25, -0.2) is 18.4 Å². The van der Waals surface area contributed by atoms with Crippen LogP contribution in [0.4, 0.5) is 0 Å². The molecule has 15 nitrogen and oxygen atoms in total. The predicted octanol–water partition coefficient (Wildman–Crippen LogP) is 2.85. The first-order chi connectivity index (χ1) is 24.4. The van der Waals surface area contributed by atoms with Crippen LogP contribution in [0.15, 0.2) is 69.5 Å². The van der Waals surface area contributed by atoms with Crippen LogP contribution in [-0.2, 0) is 21.2 Å². The Morgan fingerprint density at radius 3 is 2.53 bits per heavy atom. The lowest BCUT2D eigenvalue weighted by molar-refractivity contribution is -0.122. The van der Waals surface area contributed by atoms with E-state index in [-0.39, 0.29) is 58.9 Å². The van der Waals surface area contributed by atoms with E-state index in [1.807, 2.05) is 44.2 Å². The molecule has 1 aliphatic heterocycles. The molecule has 4 N–H and O–H groups in total. The van der Waals surface area contributed by atoms with Crippen molar-refractivity contribution in [3.05, 3.63) is 93.6 Å². The number of oxazole rings is 1. The second-order valence-electron chi connectivity index (χ2n) is 12.1. The maximum Gasteiger partial charge on any atom is 0.273 e. The molecule has 2 aromatic heterocycles. The third-order valence-corrected chi connectivity index (χ3v) is 10.8. The number of thiazole rings is 1. The Bertz CT molecular complexity index is 2000. The Labute approximate surface area is 299 Å². The first kappa shape index (κ1) is 37.1. The third kappa shape index (κ3) is 8.97. The minimum Gasteiger partial charge on any atom is -0.496 e. The molecule has 0 fully saturated rings. The van der Waals surface area contributed by atoms with E-state index < -0.39 is 52.3 Å². The number of methoxy groups -OCH3 is 1. The summed E-state index contributed by atoms with van der Waals surface area (Å²) < 4.78 is 40.1. The van der Waals surface area contributed by atoms with E-state index >= 15 is 0 Å². The molecular weight excluding hydrogens is 699 g/mol. The summed E-state index contributed by atoms with van der Waals surface area (Å²) in [5.74, 6) is -2.02. The zero-order valence-electron chi connectivity index (χ0n) is 28.5. The van der Waals surface area contributed by atoms with Crippen LogP contribution in [-0.4, -0.2) is 80.1 Å². The molecule has 0 spiro atoms. The van der Waals surface area contributed by atoms with E-state index in [4.69, 9.17) is 9.15 Å². The minimum atomic E-state index is -4.44. The summed E-state index contributed by atoms with van der Waals surface area (Å²) in [4.78, 5) is 61.5. The molecule has 5 rings (SSSR count). The molecule has 2 atom stereocenters. The van der Waals surface area contributed by atoms with Gasteiger partial charge in [0.25, 0.3) is 17.7 Å². The first-order valence-corrected chi connectivity index (χ1v) is 18.4. The molecule has 17 heteroatoms. The van der Waals surface area contributed by atoms with Gasteiger partial charge in [-0.2, -0.15) is 4.31 Å². The van der Waals surface area contributed by atoms with Gasteiger partial charge in [0.15, 0.2) is 5.69 Å². The summed E-state index contributed by atoms with van der Waals surface area (Å²) in [5, 5.41) is 13.0. The number of sulfonamides is 1. The fraction of sp³-hybridized carbons (Fsp3) is 0.353. The maximum atomic E-state index is 14.1. The monoisotopic (exact) mass is 737 g/mol. The van der Waals surface area contributed by atoms with Gasteiger partial charge in [-0.3, -0.25) is 19.2 Å². The molecular formula is C34H39N7O8S2. The number of carbonyl (C=O) groups excluding carboxylic acids is 4. The highest BCUT2D eigenvalue weighted by Gasteiger charge is 2.31. The summed E-state index contributed by atoms with van der Waals surface area (Å²) in [6.07, 6.45) is 1.93. The first-order valence-electron chi connectivity index (χ1n) is 16.1. The summed E-state index contributed by atoms with van der Waals surface area (Å²) in [6.45, 7) is 2.83. The number of nitrogens with one attached hydrogen (secondary N) is 4. The second kappa shape index (κ2) is 16.3. The number of nitrogens with zero attached hydrogens (tertiary/aromatic N) is 3. The highest BCUT2D eigenvalue weighted by molar-refractivity contribution is 7.89. The highest BCUT2D eigenvalue weighted by Crippen LogP contribution is 2.27. The van der Waals surface area contributed by atoms with Crippen LogP contribution in [0.5, 0.6) is 5.75 Å². The van der Waals surface area contributed by atoms with Crippen molar-refractivity contribution in [2.24, 2.45) is 5.92 Å². The van der Waals surface area contributed by atoms with Gasteiger partial charge in [-0.15, -0.1) is 11.3 Å². The second-order valence-corrected chi connectivity index (χ2v) is 15.0. The van der Waals surface area contributed by atoms with Crippen LogP contribution >= 0.6 is 11.3 Å². The number of carbonyl (C=O) groups is 4. The third-order valence-electron chi connectivity index (χ3n) is 7.98. The number of fused-ring (bicyclic) bond motifs is 4. The zero-order valence-corrected chi connectivity index (χ0v) is 30.1. The van der Waals surface area contributed by atoms with Crippen molar-refractivity contribution in [1.82, 2.24) is 35.5 Å². The van der Waals surface area contributed by atoms with Crippen LogP contribution in [0, 0.1) is 5.92 Å². The zero-order chi connectivity index (χ0) is 36.7. The molecule has 4 aromatic rings. The fourth-order valence-electron chi connectivity index (χ4n) is 5.46. The molecule has 270 valence electrons. The van der Waals surface area contributed by atoms with Gasteiger partial charge < -0.3 is 30.4 Å². The average molecular weight is 738 g/mol. The van der Waals surface area contributed by atoms with Gasteiger partial charge in [-0.05, 0) is 36.1 Å². The smallest absolute Gasteiger partial charge is 0.273 e.